The van der Waals surface area contributed by atoms with Gasteiger partial charge in [0.05, 0.1) is 16.6 Å². The van der Waals surface area contributed by atoms with E-state index >= 15 is 0 Å². The third-order valence-electron chi connectivity index (χ3n) is 2.22. The Morgan fingerprint density at radius 1 is 1.40 bits per heavy atom. The molecule has 2 aromatic rings. The van der Waals surface area contributed by atoms with Gasteiger partial charge in [-0.25, -0.2) is 4.98 Å². The van der Waals surface area contributed by atoms with Crippen molar-refractivity contribution in [2.75, 3.05) is 0 Å². The molecular formula is C12H13NOS. The van der Waals surface area contributed by atoms with Gasteiger partial charge in [0.25, 0.3) is 0 Å². The lowest BCUT2D eigenvalue weighted by Gasteiger charge is -1.93. The fourth-order valence-electron chi connectivity index (χ4n) is 1.53. The zero-order valence-corrected chi connectivity index (χ0v) is 9.51. The summed E-state index contributed by atoms with van der Waals surface area (Å²) in [5, 5.41) is 0.939. The first kappa shape index (κ1) is 10.3. The molecule has 0 fully saturated rings. The molecule has 1 aromatic heterocycles. The first-order valence-electron chi connectivity index (χ1n) is 5.15. The molecule has 0 aliphatic rings. The van der Waals surface area contributed by atoms with Gasteiger partial charge in [-0.05, 0) is 18.6 Å². The molecule has 0 saturated carbocycles. The van der Waals surface area contributed by atoms with Crippen molar-refractivity contribution in [1.29, 1.82) is 0 Å². The van der Waals surface area contributed by atoms with E-state index in [1.54, 1.807) is 11.3 Å². The minimum Gasteiger partial charge on any atom is -0.299 e. The predicted molar refractivity (Wildman–Crippen MR) is 63.2 cm³/mol. The Morgan fingerprint density at radius 3 is 2.93 bits per heavy atom. The molecular weight excluding hydrogens is 206 g/mol. The summed E-state index contributed by atoms with van der Waals surface area (Å²) in [6.07, 6.45) is 2.08. The summed E-state index contributed by atoms with van der Waals surface area (Å²) in [6.45, 7) is 2.02. The maximum Gasteiger partial charge on any atom is 0.139 e. The highest BCUT2D eigenvalue weighted by atomic mass is 32.1. The molecule has 2 rings (SSSR count). The highest BCUT2D eigenvalue weighted by molar-refractivity contribution is 7.18. The molecule has 0 aliphatic heterocycles. The Hall–Kier alpha value is -1.22. The first-order chi connectivity index (χ1) is 7.29. The van der Waals surface area contributed by atoms with Crippen LogP contribution in [-0.4, -0.2) is 10.8 Å². The minimum atomic E-state index is 0.288. The number of rotatable bonds is 4. The molecule has 0 atom stereocenters. The molecule has 0 bridgehead atoms. The van der Waals surface area contributed by atoms with Crippen LogP contribution in [0.3, 0.4) is 0 Å². The van der Waals surface area contributed by atoms with Crippen molar-refractivity contribution < 1.29 is 4.79 Å². The van der Waals surface area contributed by atoms with Gasteiger partial charge in [-0.1, -0.05) is 19.1 Å². The molecule has 0 unspecified atom stereocenters. The first-order valence-corrected chi connectivity index (χ1v) is 5.97. The fourth-order valence-corrected chi connectivity index (χ4v) is 2.53. The second kappa shape index (κ2) is 4.53. The molecule has 0 N–H and O–H groups in total. The molecule has 15 heavy (non-hydrogen) atoms. The van der Waals surface area contributed by atoms with Gasteiger partial charge in [-0.15, -0.1) is 11.3 Å². The zero-order chi connectivity index (χ0) is 10.7. The summed E-state index contributed by atoms with van der Waals surface area (Å²) in [5.74, 6) is 0.288. The van der Waals surface area contributed by atoms with Gasteiger partial charge in [0.1, 0.15) is 10.8 Å². The fraction of sp³-hybridized carbons (Fsp3) is 0.333. The number of para-hydroxylation sites is 1. The van der Waals surface area contributed by atoms with E-state index in [2.05, 4.69) is 4.98 Å². The summed E-state index contributed by atoms with van der Waals surface area (Å²) in [6, 6.07) is 8.00. The summed E-state index contributed by atoms with van der Waals surface area (Å²) >= 11 is 1.62. The van der Waals surface area contributed by atoms with Crippen molar-refractivity contribution in [3.05, 3.63) is 29.3 Å². The zero-order valence-electron chi connectivity index (χ0n) is 8.69. The maximum atomic E-state index is 11.5. The Bertz CT molecular complexity index is 442. The van der Waals surface area contributed by atoms with Gasteiger partial charge in [-0.2, -0.15) is 0 Å². The Labute approximate surface area is 93.0 Å². The molecule has 0 radical (unpaired) electrons. The van der Waals surface area contributed by atoms with E-state index in [0.717, 1.165) is 21.6 Å². The second-order valence-corrected chi connectivity index (χ2v) is 4.66. The van der Waals surface area contributed by atoms with E-state index in [4.69, 9.17) is 0 Å². The van der Waals surface area contributed by atoms with E-state index < -0.39 is 0 Å². The quantitative estimate of drug-likeness (QED) is 0.790. The second-order valence-electron chi connectivity index (χ2n) is 3.54. The molecule has 0 aliphatic carbocycles. The van der Waals surface area contributed by atoms with Gasteiger partial charge in [0, 0.05) is 6.42 Å². The molecule has 3 heteroatoms. The number of nitrogens with zero attached hydrogens (tertiary/aromatic N) is 1. The van der Waals surface area contributed by atoms with E-state index in [1.807, 2.05) is 31.2 Å². The number of thiazole rings is 1. The van der Waals surface area contributed by atoms with Crippen LogP contribution in [0.5, 0.6) is 0 Å². The van der Waals surface area contributed by atoms with Crippen LogP contribution in [0.25, 0.3) is 10.2 Å². The van der Waals surface area contributed by atoms with Crippen LogP contribution >= 0.6 is 11.3 Å². The lowest BCUT2D eigenvalue weighted by Crippen LogP contribution is -2.00. The number of fused-ring (bicyclic) bond motifs is 1. The minimum absolute atomic E-state index is 0.288. The molecule has 0 amide bonds. The van der Waals surface area contributed by atoms with Crippen LogP contribution in [0.2, 0.25) is 0 Å². The highest BCUT2D eigenvalue weighted by Crippen LogP contribution is 2.22. The number of hydrogen-bond donors (Lipinski definition) is 0. The number of carbonyl (C=O) groups excluding carboxylic acids is 1. The van der Waals surface area contributed by atoms with Crippen LogP contribution < -0.4 is 0 Å². The maximum absolute atomic E-state index is 11.5. The van der Waals surface area contributed by atoms with Gasteiger partial charge in [0.15, 0.2) is 0 Å². The standard InChI is InChI=1S/C12H13NOS/c1-2-5-9(14)8-12-13-10-6-3-4-7-11(10)15-12/h3-4,6-7H,2,5,8H2,1H3. The van der Waals surface area contributed by atoms with Crippen LogP contribution in [0.1, 0.15) is 24.8 Å². The Morgan fingerprint density at radius 2 is 2.20 bits per heavy atom. The van der Waals surface area contributed by atoms with E-state index in [0.29, 0.717) is 12.8 Å². The van der Waals surface area contributed by atoms with Crippen LogP contribution in [-0.2, 0) is 11.2 Å². The van der Waals surface area contributed by atoms with E-state index in [1.165, 1.54) is 0 Å². The van der Waals surface area contributed by atoms with E-state index in [9.17, 15) is 4.79 Å². The lowest BCUT2D eigenvalue weighted by atomic mass is 10.2. The Balaban J connectivity index is 2.18. The normalized spacial score (nSPS) is 10.7. The van der Waals surface area contributed by atoms with E-state index in [-0.39, 0.29) is 5.78 Å². The van der Waals surface area contributed by atoms with Crippen LogP contribution in [0.15, 0.2) is 24.3 Å². The predicted octanol–water partition coefficient (Wildman–Crippen LogP) is 3.21. The average Bonchev–Trinajstić information content (AvgIpc) is 2.59. The summed E-state index contributed by atoms with van der Waals surface area (Å²) in [5.41, 5.74) is 1.00. The smallest absolute Gasteiger partial charge is 0.139 e. The van der Waals surface area contributed by atoms with Crippen LogP contribution in [0, 0.1) is 0 Å². The number of ketones is 1. The highest BCUT2D eigenvalue weighted by Gasteiger charge is 2.07. The van der Waals surface area contributed by atoms with Gasteiger partial charge < -0.3 is 0 Å². The third-order valence-corrected chi connectivity index (χ3v) is 3.25. The lowest BCUT2D eigenvalue weighted by molar-refractivity contribution is -0.118. The molecule has 1 heterocycles. The van der Waals surface area contributed by atoms with Gasteiger partial charge in [-0.3, -0.25) is 4.79 Å². The number of benzene rings is 1. The van der Waals surface area contributed by atoms with Crippen molar-refractivity contribution in [2.24, 2.45) is 0 Å². The number of carbonyl (C=O) groups is 1. The molecule has 1 aromatic carbocycles. The van der Waals surface area contributed by atoms with Gasteiger partial charge >= 0.3 is 0 Å². The molecule has 78 valence electrons. The number of Topliss-reactive ketones (excluding diaryl/α,β-unsaturated/α-hetero) is 1. The average molecular weight is 219 g/mol. The molecule has 2 nitrogen and oxygen atoms in total. The van der Waals surface area contributed by atoms with Crippen LogP contribution in [0.4, 0.5) is 0 Å². The Kier molecular flexibility index (Phi) is 3.11. The SMILES string of the molecule is CCCC(=O)Cc1nc2ccccc2s1. The molecule has 0 spiro atoms. The van der Waals surface area contributed by atoms with Crippen molar-refractivity contribution in [3.8, 4) is 0 Å². The molecule has 0 saturated heterocycles. The van der Waals surface area contributed by atoms with Crippen molar-refractivity contribution in [2.45, 2.75) is 26.2 Å². The number of aromatic nitrogens is 1. The summed E-state index contributed by atoms with van der Waals surface area (Å²) < 4.78 is 1.16. The summed E-state index contributed by atoms with van der Waals surface area (Å²) in [7, 11) is 0. The summed E-state index contributed by atoms with van der Waals surface area (Å²) in [4.78, 5) is 15.9. The monoisotopic (exact) mass is 219 g/mol. The third kappa shape index (κ3) is 2.42. The van der Waals surface area contributed by atoms with Crippen molar-refractivity contribution >= 4 is 27.3 Å². The van der Waals surface area contributed by atoms with Crippen molar-refractivity contribution in [3.63, 3.8) is 0 Å². The van der Waals surface area contributed by atoms with Crippen molar-refractivity contribution in [1.82, 2.24) is 4.98 Å². The topological polar surface area (TPSA) is 30.0 Å². The number of hydrogen-bond acceptors (Lipinski definition) is 3. The van der Waals surface area contributed by atoms with Gasteiger partial charge in [0.2, 0.25) is 0 Å². The largest absolute Gasteiger partial charge is 0.299 e.